The number of piperidine rings is 1. The number of aromatic nitrogens is 4. The van der Waals surface area contributed by atoms with Crippen LogP contribution in [0.25, 0.3) is 0 Å². The molecule has 1 aromatic carbocycles. The maximum absolute atomic E-state index is 13.2. The predicted molar refractivity (Wildman–Crippen MR) is 125 cm³/mol. The minimum Gasteiger partial charge on any atom is -0.456 e. The van der Waals surface area contributed by atoms with E-state index < -0.39 is 0 Å². The highest BCUT2D eigenvalue weighted by Gasteiger charge is 2.27. The van der Waals surface area contributed by atoms with E-state index in [0.717, 1.165) is 61.0 Å². The smallest absolute Gasteiger partial charge is 0.289 e. The van der Waals surface area contributed by atoms with E-state index in [4.69, 9.17) is 8.94 Å². The van der Waals surface area contributed by atoms with Gasteiger partial charge in [-0.25, -0.2) is 0 Å². The molecule has 1 amide bonds. The summed E-state index contributed by atoms with van der Waals surface area (Å²) in [5.41, 5.74) is 3.07. The first kappa shape index (κ1) is 22.1. The minimum atomic E-state index is -0.0551. The molecule has 1 unspecified atom stereocenters. The predicted octanol–water partition coefficient (Wildman–Crippen LogP) is 4.21. The highest BCUT2D eigenvalue weighted by Crippen LogP contribution is 2.24. The Kier molecular flexibility index (Phi) is 6.29. The third-order valence-corrected chi connectivity index (χ3v) is 6.57. The van der Waals surface area contributed by atoms with E-state index >= 15 is 0 Å². The summed E-state index contributed by atoms with van der Waals surface area (Å²) >= 11 is 0. The van der Waals surface area contributed by atoms with Gasteiger partial charge in [-0.1, -0.05) is 35.5 Å². The Morgan fingerprint density at radius 3 is 2.79 bits per heavy atom. The Bertz CT molecular complexity index is 1240. The van der Waals surface area contributed by atoms with E-state index in [2.05, 4.69) is 32.1 Å². The molecule has 3 aromatic heterocycles. The van der Waals surface area contributed by atoms with Crippen LogP contribution in [0.5, 0.6) is 0 Å². The van der Waals surface area contributed by atoms with Crippen molar-refractivity contribution in [1.29, 1.82) is 0 Å². The normalized spacial score (nSPS) is 16.2. The number of aryl methyl sites for hydroxylation is 2. The average molecular weight is 460 g/mol. The second kappa shape index (κ2) is 9.67. The topological polar surface area (TPSA) is 90.2 Å². The molecule has 8 heteroatoms. The molecule has 1 aliphatic heterocycles. The molecule has 0 saturated carbocycles. The van der Waals surface area contributed by atoms with Crippen molar-refractivity contribution in [2.75, 3.05) is 13.1 Å². The van der Waals surface area contributed by atoms with Gasteiger partial charge in [0.1, 0.15) is 23.7 Å². The molecular weight excluding hydrogens is 430 g/mol. The SMILES string of the molecule is Cc1noc(C)c1Cc1ccc(C(=O)N2CCCC(Cc3nncn3Cc3ccccc3)C2)o1. The molecule has 1 fully saturated rings. The van der Waals surface area contributed by atoms with Crippen molar-refractivity contribution in [1.82, 2.24) is 24.8 Å². The van der Waals surface area contributed by atoms with Crippen molar-refractivity contribution in [2.24, 2.45) is 5.92 Å². The molecule has 176 valence electrons. The lowest BCUT2D eigenvalue weighted by Crippen LogP contribution is -2.40. The lowest BCUT2D eigenvalue weighted by atomic mass is 9.94. The molecule has 5 rings (SSSR count). The van der Waals surface area contributed by atoms with Crippen LogP contribution in [0.4, 0.5) is 0 Å². The fourth-order valence-corrected chi connectivity index (χ4v) is 4.70. The van der Waals surface area contributed by atoms with E-state index in [0.29, 0.717) is 24.6 Å². The summed E-state index contributed by atoms with van der Waals surface area (Å²) in [6.07, 6.45) is 5.19. The van der Waals surface area contributed by atoms with Crippen LogP contribution in [-0.4, -0.2) is 43.8 Å². The third-order valence-electron chi connectivity index (χ3n) is 6.57. The van der Waals surface area contributed by atoms with Crippen LogP contribution in [0.3, 0.4) is 0 Å². The molecule has 1 atom stereocenters. The molecular formula is C26H29N5O3. The summed E-state index contributed by atoms with van der Waals surface area (Å²) < 4.78 is 13.3. The fraction of sp³-hybridized carbons (Fsp3) is 0.385. The first-order valence-electron chi connectivity index (χ1n) is 11.8. The zero-order valence-corrected chi connectivity index (χ0v) is 19.6. The highest BCUT2D eigenvalue weighted by atomic mass is 16.5. The Hall–Kier alpha value is -3.68. The summed E-state index contributed by atoms with van der Waals surface area (Å²) in [4.78, 5) is 15.1. The lowest BCUT2D eigenvalue weighted by molar-refractivity contribution is 0.0638. The van der Waals surface area contributed by atoms with Gasteiger partial charge in [-0.05, 0) is 50.3 Å². The molecule has 8 nitrogen and oxygen atoms in total. The number of carbonyl (C=O) groups excluding carboxylic acids is 1. The zero-order valence-electron chi connectivity index (χ0n) is 19.6. The van der Waals surface area contributed by atoms with Crippen molar-refractivity contribution in [3.8, 4) is 0 Å². The first-order valence-corrected chi connectivity index (χ1v) is 11.8. The largest absolute Gasteiger partial charge is 0.456 e. The van der Waals surface area contributed by atoms with Gasteiger partial charge in [0.05, 0.1) is 12.2 Å². The molecule has 0 N–H and O–H groups in total. The van der Waals surface area contributed by atoms with E-state index in [1.165, 1.54) is 5.56 Å². The monoisotopic (exact) mass is 459 g/mol. The van der Waals surface area contributed by atoms with E-state index in [1.54, 1.807) is 12.4 Å². The molecule has 0 spiro atoms. The molecule has 4 heterocycles. The number of hydrogen-bond acceptors (Lipinski definition) is 6. The maximum Gasteiger partial charge on any atom is 0.289 e. The summed E-state index contributed by atoms with van der Waals surface area (Å²) in [5.74, 6) is 3.15. The number of benzene rings is 1. The average Bonchev–Trinajstić information content (AvgIpc) is 3.58. The summed E-state index contributed by atoms with van der Waals surface area (Å²) in [7, 11) is 0. The number of rotatable bonds is 7. The van der Waals surface area contributed by atoms with Crippen LogP contribution in [0.1, 0.15) is 57.6 Å². The van der Waals surface area contributed by atoms with Gasteiger partial charge in [-0.3, -0.25) is 4.79 Å². The second-order valence-electron chi connectivity index (χ2n) is 9.07. The Morgan fingerprint density at radius 2 is 2.00 bits per heavy atom. The summed E-state index contributed by atoms with van der Waals surface area (Å²) in [6.45, 7) is 5.98. The van der Waals surface area contributed by atoms with Crippen LogP contribution in [-0.2, 0) is 19.4 Å². The van der Waals surface area contributed by atoms with Gasteiger partial charge in [-0.2, -0.15) is 0 Å². The Labute approximate surface area is 198 Å². The van der Waals surface area contributed by atoms with Crippen LogP contribution in [0, 0.1) is 19.8 Å². The van der Waals surface area contributed by atoms with Crippen molar-refractivity contribution in [2.45, 2.75) is 46.1 Å². The van der Waals surface area contributed by atoms with Gasteiger partial charge >= 0.3 is 0 Å². The van der Waals surface area contributed by atoms with E-state index in [-0.39, 0.29) is 5.91 Å². The number of amides is 1. The van der Waals surface area contributed by atoms with Crippen molar-refractivity contribution in [3.05, 3.63) is 88.7 Å². The highest BCUT2D eigenvalue weighted by molar-refractivity contribution is 5.91. The van der Waals surface area contributed by atoms with Crippen LogP contribution in [0.2, 0.25) is 0 Å². The van der Waals surface area contributed by atoms with Crippen LogP contribution >= 0.6 is 0 Å². The third kappa shape index (κ3) is 4.81. The summed E-state index contributed by atoms with van der Waals surface area (Å²) in [6, 6.07) is 13.9. The molecule has 1 aliphatic rings. The summed E-state index contributed by atoms with van der Waals surface area (Å²) in [5, 5.41) is 12.5. The van der Waals surface area contributed by atoms with Crippen molar-refractivity contribution in [3.63, 3.8) is 0 Å². The lowest BCUT2D eigenvalue weighted by Gasteiger charge is -2.32. The van der Waals surface area contributed by atoms with Crippen LogP contribution in [0.15, 0.2) is 57.7 Å². The number of carbonyl (C=O) groups is 1. The maximum atomic E-state index is 13.2. The molecule has 0 aliphatic carbocycles. The standard InChI is InChI=1S/C26H29N5O3/c1-18-23(19(2)34-29-18)14-22-10-11-24(33-22)26(32)30-12-6-9-21(16-30)13-25-28-27-17-31(25)15-20-7-4-3-5-8-20/h3-5,7-8,10-11,17,21H,6,9,12-16H2,1-2H3. The van der Waals surface area contributed by atoms with Crippen molar-refractivity contribution < 1.29 is 13.7 Å². The quantitative estimate of drug-likeness (QED) is 0.411. The van der Waals surface area contributed by atoms with E-state index in [1.807, 2.05) is 43.0 Å². The van der Waals surface area contributed by atoms with Crippen molar-refractivity contribution >= 4 is 5.91 Å². The van der Waals surface area contributed by atoms with Gasteiger partial charge in [0.25, 0.3) is 5.91 Å². The number of furan rings is 1. The Balaban J connectivity index is 1.22. The van der Waals surface area contributed by atoms with E-state index in [9.17, 15) is 4.79 Å². The number of hydrogen-bond donors (Lipinski definition) is 0. The number of likely N-dealkylation sites (tertiary alicyclic amines) is 1. The zero-order chi connectivity index (χ0) is 23.5. The van der Waals surface area contributed by atoms with Gasteiger partial charge in [-0.15, -0.1) is 10.2 Å². The molecule has 0 bridgehead atoms. The Morgan fingerprint density at radius 1 is 1.15 bits per heavy atom. The first-order chi connectivity index (χ1) is 16.6. The number of nitrogens with zero attached hydrogens (tertiary/aromatic N) is 5. The molecule has 1 saturated heterocycles. The minimum absolute atomic E-state index is 0.0551. The molecule has 4 aromatic rings. The van der Waals surface area contributed by atoms with Gasteiger partial charge < -0.3 is 18.4 Å². The molecule has 0 radical (unpaired) electrons. The van der Waals surface area contributed by atoms with Crippen LogP contribution < -0.4 is 0 Å². The second-order valence-corrected chi connectivity index (χ2v) is 9.07. The fourth-order valence-electron chi connectivity index (χ4n) is 4.70. The van der Waals surface area contributed by atoms with Gasteiger partial charge in [0.2, 0.25) is 0 Å². The van der Waals surface area contributed by atoms with Gasteiger partial charge in [0, 0.05) is 31.5 Å². The molecule has 34 heavy (non-hydrogen) atoms. The van der Waals surface area contributed by atoms with Gasteiger partial charge in [0.15, 0.2) is 5.76 Å².